The lowest BCUT2D eigenvalue weighted by molar-refractivity contribution is 1.06. The summed E-state index contributed by atoms with van der Waals surface area (Å²) in [5.74, 6) is 0. The van der Waals surface area contributed by atoms with Gasteiger partial charge in [0.05, 0.1) is 5.69 Å². The van der Waals surface area contributed by atoms with Gasteiger partial charge in [-0.15, -0.1) is 10.2 Å². The molecule has 0 unspecified atom stereocenters. The van der Waals surface area contributed by atoms with E-state index in [1.165, 1.54) is 0 Å². The van der Waals surface area contributed by atoms with E-state index in [2.05, 4.69) is 33.7 Å². The molecule has 0 bridgehead atoms. The molecule has 0 saturated heterocycles. The van der Waals surface area contributed by atoms with E-state index in [0.29, 0.717) is 0 Å². The van der Waals surface area contributed by atoms with Crippen LogP contribution in [0, 0.1) is 6.92 Å². The van der Waals surface area contributed by atoms with Gasteiger partial charge < -0.3 is 5.32 Å². The monoisotopic (exact) mass is 296 g/mol. The number of nitrogens with zero attached hydrogens (tertiary/aromatic N) is 3. The maximum absolute atomic E-state index is 4.69. The first-order valence-electron chi connectivity index (χ1n) is 6.88. The molecular formula is C16H16N4S. The highest BCUT2D eigenvalue weighted by atomic mass is 32.1. The summed E-state index contributed by atoms with van der Waals surface area (Å²) < 4.78 is 0. The van der Waals surface area contributed by atoms with Crippen molar-refractivity contribution in [1.29, 1.82) is 0 Å². The van der Waals surface area contributed by atoms with Gasteiger partial charge in [-0.2, -0.15) is 0 Å². The number of rotatable bonds is 4. The number of nitrogens with one attached hydrogen (secondary N) is 1. The summed E-state index contributed by atoms with van der Waals surface area (Å²) in [6.07, 6.45) is 0. The van der Waals surface area contributed by atoms with Crippen LogP contribution in [0.2, 0.25) is 0 Å². The fraction of sp³-hybridized carbons (Fsp3) is 0.188. The molecule has 0 saturated carbocycles. The first kappa shape index (κ1) is 13.7. The molecule has 0 radical (unpaired) electrons. The Labute approximate surface area is 127 Å². The van der Waals surface area contributed by atoms with Crippen molar-refractivity contribution in [2.24, 2.45) is 0 Å². The molecule has 1 aromatic carbocycles. The minimum absolute atomic E-state index is 0.846. The van der Waals surface area contributed by atoms with E-state index in [4.69, 9.17) is 4.98 Å². The van der Waals surface area contributed by atoms with Crippen molar-refractivity contribution in [2.45, 2.75) is 13.8 Å². The predicted octanol–water partition coefficient (Wildman–Crippen LogP) is 4.01. The number of hydrogen-bond donors (Lipinski definition) is 1. The maximum atomic E-state index is 4.69. The third-order valence-electron chi connectivity index (χ3n) is 3.14. The van der Waals surface area contributed by atoms with E-state index < -0.39 is 0 Å². The summed E-state index contributed by atoms with van der Waals surface area (Å²) in [7, 11) is 0. The molecular weight excluding hydrogens is 280 g/mol. The number of pyridine rings is 1. The number of aromatic nitrogens is 3. The van der Waals surface area contributed by atoms with Gasteiger partial charge in [0.15, 0.2) is 5.01 Å². The molecule has 2 aromatic heterocycles. The molecule has 0 atom stereocenters. The second-order valence-electron chi connectivity index (χ2n) is 4.64. The molecule has 0 aliphatic carbocycles. The van der Waals surface area contributed by atoms with Crippen LogP contribution < -0.4 is 5.32 Å². The largest absolute Gasteiger partial charge is 0.360 e. The van der Waals surface area contributed by atoms with Crippen LogP contribution in [-0.4, -0.2) is 21.7 Å². The lowest BCUT2D eigenvalue weighted by atomic mass is 10.1. The molecule has 4 nitrogen and oxygen atoms in total. The zero-order chi connectivity index (χ0) is 14.7. The lowest BCUT2D eigenvalue weighted by Crippen LogP contribution is -1.94. The minimum Gasteiger partial charge on any atom is -0.360 e. The fourth-order valence-corrected chi connectivity index (χ4v) is 3.00. The molecule has 21 heavy (non-hydrogen) atoms. The van der Waals surface area contributed by atoms with Crippen LogP contribution in [0.1, 0.15) is 12.6 Å². The van der Waals surface area contributed by atoms with E-state index in [1.807, 2.05) is 38.1 Å². The Bertz CT molecular complexity index is 737. The zero-order valence-corrected chi connectivity index (χ0v) is 12.8. The summed E-state index contributed by atoms with van der Waals surface area (Å²) >= 11 is 1.55. The van der Waals surface area contributed by atoms with E-state index in [0.717, 1.165) is 39.2 Å². The summed E-state index contributed by atoms with van der Waals surface area (Å²) in [6.45, 7) is 4.90. The summed E-state index contributed by atoms with van der Waals surface area (Å²) in [5.41, 5.74) is 4.11. The SMILES string of the molecule is CCNc1nnc(-c2ccc(-c3ccccc3)nc2C)s1. The van der Waals surface area contributed by atoms with E-state index in [9.17, 15) is 0 Å². The Kier molecular flexibility index (Phi) is 3.92. The van der Waals surface area contributed by atoms with Crippen LogP contribution in [-0.2, 0) is 0 Å². The molecule has 3 aromatic rings. The third-order valence-corrected chi connectivity index (χ3v) is 4.05. The number of anilines is 1. The van der Waals surface area contributed by atoms with Crippen molar-refractivity contribution < 1.29 is 0 Å². The molecule has 0 fully saturated rings. The Balaban J connectivity index is 1.94. The minimum atomic E-state index is 0.846. The van der Waals surface area contributed by atoms with E-state index in [1.54, 1.807) is 11.3 Å². The van der Waals surface area contributed by atoms with E-state index in [-0.39, 0.29) is 0 Å². The van der Waals surface area contributed by atoms with Gasteiger partial charge in [-0.1, -0.05) is 41.7 Å². The highest BCUT2D eigenvalue weighted by molar-refractivity contribution is 7.18. The van der Waals surface area contributed by atoms with Crippen molar-refractivity contribution in [3.05, 3.63) is 48.2 Å². The smallest absolute Gasteiger partial charge is 0.205 e. The van der Waals surface area contributed by atoms with Crippen LogP contribution in [0.4, 0.5) is 5.13 Å². The van der Waals surface area contributed by atoms with E-state index >= 15 is 0 Å². The summed E-state index contributed by atoms with van der Waals surface area (Å²) in [4.78, 5) is 4.69. The molecule has 0 aliphatic rings. The van der Waals surface area contributed by atoms with Crippen molar-refractivity contribution in [2.75, 3.05) is 11.9 Å². The molecule has 0 aliphatic heterocycles. The highest BCUT2D eigenvalue weighted by Crippen LogP contribution is 2.29. The molecule has 5 heteroatoms. The Hall–Kier alpha value is -2.27. The second-order valence-corrected chi connectivity index (χ2v) is 5.62. The quantitative estimate of drug-likeness (QED) is 0.790. The average Bonchev–Trinajstić information content (AvgIpc) is 2.97. The highest BCUT2D eigenvalue weighted by Gasteiger charge is 2.10. The zero-order valence-electron chi connectivity index (χ0n) is 12.0. The van der Waals surface area contributed by atoms with Crippen LogP contribution in [0.25, 0.3) is 21.8 Å². The van der Waals surface area contributed by atoms with Crippen molar-refractivity contribution in [3.63, 3.8) is 0 Å². The van der Waals surface area contributed by atoms with Gasteiger partial charge >= 0.3 is 0 Å². The van der Waals surface area contributed by atoms with Crippen LogP contribution in [0.5, 0.6) is 0 Å². The summed E-state index contributed by atoms with van der Waals surface area (Å²) in [6, 6.07) is 14.3. The first-order chi connectivity index (χ1) is 10.3. The Morgan fingerprint density at radius 3 is 2.57 bits per heavy atom. The van der Waals surface area contributed by atoms with Gasteiger partial charge in [0, 0.05) is 23.4 Å². The van der Waals surface area contributed by atoms with Crippen LogP contribution in [0.15, 0.2) is 42.5 Å². The van der Waals surface area contributed by atoms with Gasteiger partial charge in [0.25, 0.3) is 0 Å². The predicted molar refractivity (Wildman–Crippen MR) is 87.5 cm³/mol. The van der Waals surface area contributed by atoms with Gasteiger partial charge in [-0.05, 0) is 26.0 Å². The molecule has 0 amide bonds. The van der Waals surface area contributed by atoms with Crippen molar-refractivity contribution >= 4 is 16.5 Å². The summed E-state index contributed by atoms with van der Waals surface area (Å²) in [5, 5.41) is 13.3. The molecule has 3 rings (SSSR count). The Morgan fingerprint density at radius 1 is 1.05 bits per heavy atom. The number of aryl methyl sites for hydroxylation is 1. The van der Waals surface area contributed by atoms with Gasteiger partial charge in [0.1, 0.15) is 0 Å². The van der Waals surface area contributed by atoms with Crippen LogP contribution in [0.3, 0.4) is 0 Å². The Morgan fingerprint density at radius 2 is 1.86 bits per heavy atom. The second kappa shape index (κ2) is 6.01. The van der Waals surface area contributed by atoms with Crippen molar-refractivity contribution in [1.82, 2.24) is 15.2 Å². The third kappa shape index (κ3) is 2.92. The van der Waals surface area contributed by atoms with Gasteiger partial charge in [-0.3, -0.25) is 4.98 Å². The fourth-order valence-electron chi connectivity index (χ4n) is 2.11. The first-order valence-corrected chi connectivity index (χ1v) is 7.70. The average molecular weight is 296 g/mol. The number of benzene rings is 1. The molecule has 0 spiro atoms. The molecule has 1 N–H and O–H groups in total. The van der Waals surface area contributed by atoms with Gasteiger partial charge in [-0.25, -0.2) is 0 Å². The lowest BCUT2D eigenvalue weighted by Gasteiger charge is -2.05. The maximum Gasteiger partial charge on any atom is 0.205 e. The van der Waals surface area contributed by atoms with Crippen LogP contribution >= 0.6 is 11.3 Å². The van der Waals surface area contributed by atoms with Crippen molar-refractivity contribution in [3.8, 4) is 21.8 Å². The normalized spacial score (nSPS) is 10.6. The standard InChI is InChI=1S/C16H16N4S/c1-3-17-16-20-19-15(21-16)13-9-10-14(18-11(13)2)12-7-5-4-6-8-12/h4-10H,3H2,1-2H3,(H,17,20). The molecule has 106 valence electrons. The topological polar surface area (TPSA) is 50.7 Å². The molecule has 2 heterocycles. The van der Waals surface area contributed by atoms with Gasteiger partial charge in [0.2, 0.25) is 5.13 Å². The number of hydrogen-bond acceptors (Lipinski definition) is 5.